The lowest BCUT2D eigenvalue weighted by atomic mass is 10.1. The normalized spacial score (nSPS) is 12.4. The summed E-state index contributed by atoms with van der Waals surface area (Å²) in [4.78, 5) is 16.3. The van der Waals surface area contributed by atoms with E-state index >= 15 is 0 Å². The molecule has 0 radical (unpaired) electrons. The van der Waals surface area contributed by atoms with Crippen LogP contribution in [-0.2, 0) is 17.9 Å². The molecule has 0 spiro atoms. The van der Waals surface area contributed by atoms with Crippen molar-refractivity contribution in [3.05, 3.63) is 53.2 Å². The second-order valence-corrected chi connectivity index (χ2v) is 7.28. The second kappa shape index (κ2) is 8.35. The third kappa shape index (κ3) is 4.64. The van der Waals surface area contributed by atoms with Crippen molar-refractivity contribution in [3.8, 4) is 11.4 Å². The fourth-order valence-electron chi connectivity index (χ4n) is 2.84. The number of nitrogens with one attached hydrogen (secondary N) is 1. The molecule has 3 N–H and O–H groups in total. The zero-order valence-electron chi connectivity index (χ0n) is 16.6. The molecule has 1 atom stereocenters. The molecule has 1 amide bonds. The molecule has 8 heteroatoms. The van der Waals surface area contributed by atoms with E-state index in [4.69, 9.17) is 10.3 Å². The Hall–Kier alpha value is -3.00. The number of aryl methyl sites for hydroxylation is 2. The predicted molar refractivity (Wildman–Crippen MR) is 105 cm³/mol. The van der Waals surface area contributed by atoms with E-state index < -0.39 is 6.04 Å². The van der Waals surface area contributed by atoms with E-state index in [1.165, 1.54) is 0 Å². The van der Waals surface area contributed by atoms with E-state index in [1.807, 2.05) is 56.6 Å². The van der Waals surface area contributed by atoms with Gasteiger partial charge in [-0.15, -0.1) is 0 Å². The van der Waals surface area contributed by atoms with Crippen molar-refractivity contribution >= 4 is 5.91 Å². The maximum atomic E-state index is 11.9. The van der Waals surface area contributed by atoms with Gasteiger partial charge in [-0.1, -0.05) is 37.2 Å². The van der Waals surface area contributed by atoms with Gasteiger partial charge in [0.2, 0.25) is 17.6 Å². The van der Waals surface area contributed by atoms with E-state index in [0.29, 0.717) is 18.3 Å². The van der Waals surface area contributed by atoms with Gasteiger partial charge in [0.15, 0.2) is 0 Å². The highest BCUT2D eigenvalue weighted by molar-refractivity contribution is 5.81. The van der Waals surface area contributed by atoms with Crippen molar-refractivity contribution in [2.75, 3.05) is 0 Å². The van der Waals surface area contributed by atoms with E-state index in [2.05, 4.69) is 26.6 Å². The highest BCUT2D eigenvalue weighted by Crippen LogP contribution is 2.18. The summed E-state index contributed by atoms with van der Waals surface area (Å²) in [5.74, 6) is 0.640. The summed E-state index contributed by atoms with van der Waals surface area (Å²) in [6, 6.07) is 9.41. The molecule has 2 aromatic heterocycles. The largest absolute Gasteiger partial charge is 0.346 e. The maximum absolute atomic E-state index is 11.9. The Bertz CT molecular complexity index is 959. The molecule has 0 saturated carbocycles. The summed E-state index contributed by atoms with van der Waals surface area (Å²) in [5.41, 5.74) is 9.87. The molecule has 0 bridgehead atoms. The van der Waals surface area contributed by atoms with Crippen molar-refractivity contribution in [2.24, 2.45) is 11.7 Å². The van der Waals surface area contributed by atoms with Gasteiger partial charge in [-0.3, -0.25) is 9.48 Å². The topological polar surface area (TPSA) is 112 Å². The Morgan fingerprint density at radius 2 is 2.07 bits per heavy atom. The molecule has 1 aromatic carbocycles. The Kier molecular flexibility index (Phi) is 5.89. The molecule has 0 aliphatic rings. The Morgan fingerprint density at radius 3 is 2.75 bits per heavy atom. The first-order chi connectivity index (χ1) is 13.3. The van der Waals surface area contributed by atoms with Crippen LogP contribution in [0, 0.1) is 19.8 Å². The van der Waals surface area contributed by atoms with Crippen molar-refractivity contribution in [3.63, 3.8) is 0 Å². The average molecular weight is 382 g/mol. The van der Waals surface area contributed by atoms with Gasteiger partial charge in [0, 0.05) is 11.3 Å². The van der Waals surface area contributed by atoms with Gasteiger partial charge in [-0.05, 0) is 37.5 Å². The summed E-state index contributed by atoms with van der Waals surface area (Å²) in [5, 5.41) is 11.2. The maximum Gasteiger partial charge on any atom is 0.246 e. The van der Waals surface area contributed by atoms with E-state index in [0.717, 1.165) is 22.5 Å². The van der Waals surface area contributed by atoms with Gasteiger partial charge in [0.05, 0.1) is 24.8 Å². The molecular weight excluding hydrogens is 356 g/mol. The first-order valence-corrected chi connectivity index (χ1v) is 9.29. The number of hydrogen-bond acceptors (Lipinski definition) is 6. The van der Waals surface area contributed by atoms with Gasteiger partial charge < -0.3 is 15.6 Å². The van der Waals surface area contributed by atoms with Crippen molar-refractivity contribution in [1.29, 1.82) is 0 Å². The monoisotopic (exact) mass is 382 g/mol. The van der Waals surface area contributed by atoms with Gasteiger partial charge in [0.1, 0.15) is 0 Å². The molecule has 0 fully saturated rings. The van der Waals surface area contributed by atoms with Crippen molar-refractivity contribution < 1.29 is 9.32 Å². The van der Waals surface area contributed by atoms with Gasteiger partial charge in [-0.25, -0.2) is 0 Å². The minimum atomic E-state index is -0.562. The Labute approximate surface area is 164 Å². The summed E-state index contributed by atoms with van der Waals surface area (Å²) < 4.78 is 7.22. The number of nitrogens with zero attached hydrogens (tertiary/aromatic N) is 4. The molecule has 8 nitrogen and oxygen atoms in total. The molecule has 0 aliphatic carbocycles. The van der Waals surface area contributed by atoms with Crippen LogP contribution in [0.25, 0.3) is 11.4 Å². The minimum absolute atomic E-state index is 0.0585. The first kappa shape index (κ1) is 19.8. The van der Waals surface area contributed by atoms with Gasteiger partial charge in [0.25, 0.3) is 0 Å². The van der Waals surface area contributed by atoms with Crippen LogP contribution in [-0.4, -0.2) is 31.9 Å². The molecular formula is C20H26N6O2. The number of amides is 1. The molecule has 3 rings (SSSR count). The smallest absolute Gasteiger partial charge is 0.246 e. The second-order valence-electron chi connectivity index (χ2n) is 7.28. The number of carbonyl (C=O) groups is 1. The van der Waals surface area contributed by atoms with Crippen LogP contribution in [0.5, 0.6) is 0 Å². The summed E-state index contributed by atoms with van der Waals surface area (Å²) >= 11 is 0. The Morgan fingerprint density at radius 1 is 1.29 bits per heavy atom. The molecule has 0 unspecified atom stereocenters. The van der Waals surface area contributed by atoms with E-state index in [-0.39, 0.29) is 18.4 Å². The third-order valence-corrected chi connectivity index (χ3v) is 4.52. The van der Waals surface area contributed by atoms with Crippen LogP contribution < -0.4 is 11.1 Å². The van der Waals surface area contributed by atoms with Crippen LogP contribution in [0.15, 0.2) is 34.9 Å². The molecule has 3 aromatic rings. The van der Waals surface area contributed by atoms with Crippen LogP contribution >= 0.6 is 0 Å². The van der Waals surface area contributed by atoms with Gasteiger partial charge in [-0.2, -0.15) is 10.1 Å². The third-order valence-electron chi connectivity index (χ3n) is 4.52. The molecule has 28 heavy (non-hydrogen) atoms. The molecule has 148 valence electrons. The highest BCUT2D eigenvalue weighted by atomic mass is 16.5. The lowest BCUT2D eigenvalue weighted by molar-refractivity contribution is -0.123. The number of benzene rings is 1. The van der Waals surface area contributed by atoms with E-state index in [9.17, 15) is 4.79 Å². The fraction of sp³-hybridized carbons (Fsp3) is 0.400. The summed E-state index contributed by atoms with van der Waals surface area (Å²) in [6.07, 6.45) is 0. The number of nitrogens with two attached hydrogens (primary N) is 1. The average Bonchev–Trinajstić information content (AvgIpc) is 3.25. The Balaban J connectivity index is 1.68. The number of hydrogen-bond donors (Lipinski definition) is 2. The SMILES string of the molecule is Cc1cc(C)n(Cc2cccc(-c3noc(CNC(=O)[C@@H](N)C(C)C)n3)c2)n1. The van der Waals surface area contributed by atoms with Crippen LogP contribution in [0.1, 0.15) is 36.7 Å². The minimum Gasteiger partial charge on any atom is -0.346 e. The standard InChI is InChI=1S/C20H26N6O2/c1-12(2)18(21)20(27)22-10-17-23-19(25-28-17)16-7-5-6-15(9-16)11-26-14(4)8-13(3)24-26/h5-9,12,18H,10-11,21H2,1-4H3,(H,22,27)/t18-/m0/s1. The number of aromatic nitrogens is 4. The fourth-order valence-corrected chi connectivity index (χ4v) is 2.84. The van der Waals surface area contributed by atoms with Crippen LogP contribution in [0.3, 0.4) is 0 Å². The number of rotatable bonds is 7. The zero-order valence-corrected chi connectivity index (χ0v) is 16.6. The van der Waals surface area contributed by atoms with Crippen molar-refractivity contribution in [2.45, 2.75) is 46.8 Å². The lowest BCUT2D eigenvalue weighted by Crippen LogP contribution is -2.43. The van der Waals surface area contributed by atoms with Crippen LogP contribution in [0.2, 0.25) is 0 Å². The summed E-state index contributed by atoms with van der Waals surface area (Å²) in [7, 11) is 0. The molecule has 2 heterocycles. The lowest BCUT2D eigenvalue weighted by Gasteiger charge is -2.14. The van der Waals surface area contributed by atoms with E-state index in [1.54, 1.807) is 0 Å². The summed E-state index contributed by atoms with van der Waals surface area (Å²) in [6.45, 7) is 8.63. The highest BCUT2D eigenvalue weighted by Gasteiger charge is 2.18. The van der Waals surface area contributed by atoms with Crippen LogP contribution in [0.4, 0.5) is 0 Å². The first-order valence-electron chi connectivity index (χ1n) is 9.29. The molecule has 0 aliphatic heterocycles. The van der Waals surface area contributed by atoms with Gasteiger partial charge >= 0.3 is 0 Å². The predicted octanol–water partition coefficient (Wildman–Crippen LogP) is 2.20. The molecule has 0 saturated heterocycles. The van der Waals surface area contributed by atoms with Crippen molar-refractivity contribution in [1.82, 2.24) is 25.2 Å². The quantitative estimate of drug-likeness (QED) is 0.648. The zero-order chi connectivity index (χ0) is 20.3. The number of carbonyl (C=O) groups excluding carboxylic acids is 1.